The summed E-state index contributed by atoms with van der Waals surface area (Å²) in [5.74, 6) is 0.398. The number of halogens is 4. The van der Waals surface area contributed by atoms with Crippen LogP contribution in [0.3, 0.4) is 0 Å². The Morgan fingerprint density at radius 2 is 1.94 bits per heavy atom. The van der Waals surface area contributed by atoms with Gasteiger partial charge in [0.25, 0.3) is 0 Å². The zero-order valence-electron chi connectivity index (χ0n) is 8.32. The molecule has 0 aromatic carbocycles. The summed E-state index contributed by atoms with van der Waals surface area (Å²) in [7, 11) is 0. The third-order valence-electron chi connectivity index (χ3n) is 1.97. The first-order valence-electron chi connectivity index (χ1n) is 4.50. The number of hydrogen-bond acceptors (Lipinski definition) is 3. The normalized spacial score (nSPS) is 11.8. The van der Waals surface area contributed by atoms with Gasteiger partial charge in [-0.15, -0.1) is 11.6 Å². The van der Waals surface area contributed by atoms with Crippen molar-refractivity contribution >= 4 is 11.6 Å². The van der Waals surface area contributed by atoms with E-state index in [1.807, 2.05) is 0 Å². The van der Waals surface area contributed by atoms with Crippen LogP contribution in [0.15, 0.2) is 24.8 Å². The first kappa shape index (κ1) is 11.8. The quantitative estimate of drug-likeness (QED) is 0.781. The van der Waals surface area contributed by atoms with E-state index < -0.39 is 11.7 Å². The molecule has 0 saturated carbocycles. The fourth-order valence-electron chi connectivity index (χ4n) is 1.13. The summed E-state index contributed by atoms with van der Waals surface area (Å²) in [6, 6.07) is 0. The van der Waals surface area contributed by atoms with Crippen LogP contribution >= 0.6 is 11.6 Å². The molecule has 90 valence electrons. The first-order valence-corrected chi connectivity index (χ1v) is 5.03. The molecule has 0 spiro atoms. The van der Waals surface area contributed by atoms with Crippen molar-refractivity contribution in [3.05, 3.63) is 36.0 Å². The maximum Gasteiger partial charge on any atom is 0.419 e. The fraction of sp³-hybridized carbons (Fsp3) is 0.222. The minimum atomic E-state index is -4.41. The Labute approximate surface area is 99.1 Å². The third-order valence-corrected chi connectivity index (χ3v) is 2.25. The Morgan fingerprint density at radius 3 is 2.41 bits per heavy atom. The molecule has 0 fully saturated rings. The lowest BCUT2D eigenvalue weighted by molar-refractivity contribution is -0.137. The van der Waals surface area contributed by atoms with E-state index in [4.69, 9.17) is 11.6 Å². The summed E-state index contributed by atoms with van der Waals surface area (Å²) < 4.78 is 38.0. The fourth-order valence-corrected chi connectivity index (χ4v) is 1.27. The zero-order valence-corrected chi connectivity index (χ0v) is 9.07. The van der Waals surface area contributed by atoms with E-state index in [1.165, 1.54) is 12.4 Å². The van der Waals surface area contributed by atoms with Crippen LogP contribution in [0.25, 0.3) is 5.82 Å². The van der Waals surface area contributed by atoms with Crippen molar-refractivity contribution in [1.29, 1.82) is 0 Å². The van der Waals surface area contributed by atoms with Gasteiger partial charge in [0.05, 0.1) is 35.7 Å². The molecular formula is C9H6ClF3N4. The SMILES string of the molecule is FC(F)(F)c1cnn(-c2cnc(CCl)cn2)c1. The van der Waals surface area contributed by atoms with Gasteiger partial charge in [0.1, 0.15) is 0 Å². The molecule has 17 heavy (non-hydrogen) atoms. The Bertz CT molecular complexity index is 506. The third kappa shape index (κ3) is 2.55. The van der Waals surface area contributed by atoms with Gasteiger partial charge in [0.15, 0.2) is 5.82 Å². The molecular weight excluding hydrogens is 257 g/mol. The van der Waals surface area contributed by atoms with Gasteiger partial charge >= 0.3 is 6.18 Å². The van der Waals surface area contributed by atoms with E-state index in [2.05, 4.69) is 15.1 Å². The summed E-state index contributed by atoms with van der Waals surface area (Å²) in [5.41, 5.74) is -0.292. The molecule has 0 aliphatic heterocycles. The van der Waals surface area contributed by atoms with E-state index in [-0.39, 0.29) is 11.7 Å². The highest BCUT2D eigenvalue weighted by Gasteiger charge is 2.32. The molecule has 0 atom stereocenters. The van der Waals surface area contributed by atoms with Crippen LogP contribution in [-0.2, 0) is 12.1 Å². The van der Waals surface area contributed by atoms with Gasteiger partial charge in [-0.1, -0.05) is 0 Å². The summed E-state index contributed by atoms with van der Waals surface area (Å²) in [6.07, 6.45) is -0.134. The Hall–Kier alpha value is -1.63. The molecule has 0 radical (unpaired) electrons. The topological polar surface area (TPSA) is 43.6 Å². The predicted octanol–water partition coefficient (Wildman–Crippen LogP) is 2.42. The smallest absolute Gasteiger partial charge is 0.254 e. The minimum Gasteiger partial charge on any atom is -0.254 e. The van der Waals surface area contributed by atoms with Gasteiger partial charge in [-0.25, -0.2) is 9.67 Å². The van der Waals surface area contributed by atoms with Gasteiger partial charge in [0, 0.05) is 6.20 Å². The second-order valence-corrected chi connectivity index (χ2v) is 3.44. The van der Waals surface area contributed by atoms with Gasteiger partial charge in [-0.2, -0.15) is 18.3 Å². The van der Waals surface area contributed by atoms with E-state index in [0.29, 0.717) is 5.69 Å². The molecule has 0 unspecified atom stereocenters. The maximum absolute atomic E-state index is 12.3. The van der Waals surface area contributed by atoms with Crippen LogP contribution in [-0.4, -0.2) is 19.7 Å². The molecule has 0 aliphatic carbocycles. The Morgan fingerprint density at radius 1 is 1.18 bits per heavy atom. The standard InChI is InChI=1S/C9H6ClF3N4/c10-1-7-3-15-8(4-14-7)17-5-6(2-16-17)9(11,12)13/h2-5H,1H2. The molecule has 4 nitrogen and oxygen atoms in total. The number of hydrogen-bond donors (Lipinski definition) is 0. The van der Waals surface area contributed by atoms with Crippen LogP contribution in [0.1, 0.15) is 11.3 Å². The number of nitrogens with zero attached hydrogens (tertiary/aromatic N) is 4. The van der Waals surface area contributed by atoms with Crippen molar-refractivity contribution in [1.82, 2.24) is 19.7 Å². The Kier molecular flexibility index (Phi) is 3.01. The second-order valence-electron chi connectivity index (χ2n) is 3.17. The highest BCUT2D eigenvalue weighted by molar-refractivity contribution is 6.16. The zero-order chi connectivity index (χ0) is 12.5. The molecule has 2 aromatic heterocycles. The van der Waals surface area contributed by atoms with E-state index in [0.717, 1.165) is 17.1 Å². The molecule has 8 heteroatoms. The molecule has 2 aromatic rings. The van der Waals surface area contributed by atoms with E-state index in [9.17, 15) is 13.2 Å². The second kappa shape index (κ2) is 4.33. The highest BCUT2D eigenvalue weighted by Crippen LogP contribution is 2.28. The van der Waals surface area contributed by atoms with Crippen LogP contribution in [0, 0.1) is 0 Å². The summed E-state index contributed by atoms with van der Waals surface area (Å²) in [4.78, 5) is 7.81. The van der Waals surface area contributed by atoms with Crippen LogP contribution in [0.4, 0.5) is 13.2 Å². The van der Waals surface area contributed by atoms with Gasteiger partial charge < -0.3 is 0 Å². The number of rotatable bonds is 2. The lowest BCUT2D eigenvalue weighted by Gasteiger charge is -2.01. The monoisotopic (exact) mass is 262 g/mol. The highest BCUT2D eigenvalue weighted by atomic mass is 35.5. The minimum absolute atomic E-state index is 0.195. The number of aromatic nitrogens is 4. The average molecular weight is 263 g/mol. The van der Waals surface area contributed by atoms with Crippen molar-refractivity contribution in [3.63, 3.8) is 0 Å². The van der Waals surface area contributed by atoms with Crippen molar-refractivity contribution in [3.8, 4) is 5.82 Å². The largest absolute Gasteiger partial charge is 0.419 e. The van der Waals surface area contributed by atoms with Crippen molar-refractivity contribution in [2.45, 2.75) is 12.1 Å². The summed E-state index contributed by atoms with van der Waals surface area (Å²) >= 11 is 5.52. The van der Waals surface area contributed by atoms with Crippen LogP contribution in [0.2, 0.25) is 0 Å². The molecule has 0 saturated heterocycles. The molecule has 0 N–H and O–H groups in total. The van der Waals surface area contributed by atoms with Gasteiger partial charge in [-0.3, -0.25) is 4.98 Å². The van der Waals surface area contributed by atoms with Crippen molar-refractivity contribution in [2.75, 3.05) is 0 Å². The molecule has 2 heterocycles. The Balaban J connectivity index is 2.30. The maximum atomic E-state index is 12.3. The van der Waals surface area contributed by atoms with Gasteiger partial charge in [-0.05, 0) is 0 Å². The van der Waals surface area contributed by atoms with Crippen LogP contribution < -0.4 is 0 Å². The first-order chi connectivity index (χ1) is 8.00. The number of alkyl halides is 4. The molecule has 0 aliphatic rings. The van der Waals surface area contributed by atoms with Crippen molar-refractivity contribution < 1.29 is 13.2 Å². The lowest BCUT2D eigenvalue weighted by Crippen LogP contribution is -2.03. The van der Waals surface area contributed by atoms with Crippen LogP contribution in [0.5, 0.6) is 0 Å². The average Bonchev–Trinajstić information content (AvgIpc) is 2.78. The predicted molar refractivity (Wildman–Crippen MR) is 53.7 cm³/mol. The van der Waals surface area contributed by atoms with E-state index >= 15 is 0 Å². The van der Waals surface area contributed by atoms with Crippen molar-refractivity contribution in [2.24, 2.45) is 0 Å². The van der Waals surface area contributed by atoms with Gasteiger partial charge in [0.2, 0.25) is 0 Å². The molecule has 0 amide bonds. The lowest BCUT2D eigenvalue weighted by atomic mass is 10.4. The summed E-state index contributed by atoms with van der Waals surface area (Å²) in [5, 5.41) is 3.57. The summed E-state index contributed by atoms with van der Waals surface area (Å²) in [6.45, 7) is 0. The molecule has 2 rings (SSSR count). The molecule has 0 bridgehead atoms. The van der Waals surface area contributed by atoms with E-state index in [1.54, 1.807) is 0 Å².